The van der Waals surface area contributed by atoms with Gasteiger partial charge in [0.25, 0.3) is 0 Å². The molecular weight excluding hydrogens is 272 g/mol. The van der Waals surface area contributed by atoms with Crippen molar-refractivity contribution >= 4 is 0 Å². The highest BCUT2D eigenvalue weighted by Gasteiger charge is 2.61. The van der Waals surface area contributed by atoms with Crippen LogP contribution in [0, 0.1) is 28.6 Å². The molecule has 0 aromatic heterocycles. The first-order valence-corrected chi connectivity index (χ1v) is 9.38. The van der Waals surface area contributed by atoms with Gasteiger partial charge in [-0.25, -0.2) is 0 Å². The van der Waals surface area contributed by atoms with Crippen molar-refractivity contribution < 1.29 is 10.2 Å². The predicted octanol–water partition coefficient (Wildman–Crippen LogP) is 4.06. The number of fused-ring (bicyclic) bond motifs is 5. The Labute approximate surface area is 135 Å². The van der Waals surface area contributed by atoms with Gasteiger partial charge in [0.2, 0.25) is 0 Å². The molecule has 2 nitrogen and oxygen atoms in total. The standard InChI is InChI=1S/C20H32O2/c1-18-9-6-14(21)12-13(18)4-5-15-16(18)7-10-19(2)17(15)8-11-20(19,3)22/h4,14-17,21-22H,5-12H2,1-3H3/t14-,15+,16-,17-,18-,19+,20-/m1/s1. The van der Waals surface area contributed by atoms with E-state index in [1.54, 1.807) is 5.57 Å². The zero-order valence-corrected chi connectivity index (χ0v) is 14.4. The molecule has 0 aliphatic heterocycles. The van der Waals surface area contributed by atoms with Crippen LogP contribution >= 0.6 is 0 Å². The second-order valence-corrected chi connectivity index (χ2v) is 9.42. The highest BCUT2D eigenvalue weighted by molar-refractivity contribution is 5.26. The lowest BCUT2D eigenvalue weighted by Crippen LogP contribution is -2.53. The van der Waals surface area contributed by atoms with Gasteiger partial charge in [0, 0.05) is 0 Å². The summed E-state index contributed by atoms with van der Waals surface area (Å²) < 4.78 is 0. The number of allylic oxidation sites excluding steroid dienone is 1. The van der Waals surface area contributed by atoms with Crippen molar-refractivity contribution in [1.29, 1.82) is 0 Å². The van der Waals surface area contributed by atoms with Gasteiger partial charge in [-0.05, 0) is 86.9 Å². The molecule has 0 unspecified atom stereocenters. The Kier molecular flexibility index (Phi) is 3.18. The molecule has 7 atom stereocenters. The molecule has 22 heavy (non-hydrogen) atoms. The van der Waals surface area contributed by atoms with Gasteiger partial charge in [-0.1, -0.05) is 25.5 Å². The van der Waals surface area contributed by atoms with E-state index in [2.05, 4.69) is 26.8 Å². The Morgan fingerprint density at radius 2 is 1.73 bits per heavy atom. The highest BCUT2D eigenvalue weighted by atomic mass is 16.3. The Morgan fingerprint density at radius 1 is 1.00 bits per heavy atom. The molecule has 0 bridgehead atoms. The zero-order valence-electron chi connectivity index (χ0n) is 14.4. The second kappa shape index (κ2) is 4.60. The molecule has 124 valence electrons. The molecule has 0 radical (unpaired) electrons. The molecule has 0 amide bonds. The van der Waals surface area contributed by atoms with Crippen molar-refractivity contribution in [3.05, 3.63) is 11.6 Å². The van der Waals surface area contributed by atoms with E-state index in [0.29, 0.717) is 11.3 Å². The lowest BCUT2D eigenvalue weighted by Gasteiger charge is -2.58. The minimum atomic E-state index is -0.476. The van der Waals surface area contributed by atoms with Gasteiger partial charge in [-0.3, -0.25) is 0 Å². The maximum Gasteiger partial charge on any atom is 0.0675 e. The molecule has 4 rings (SSSR count). The summed E-state index contributed by atoms with van der Waals surface area (Å²) >= 11 is 0. The van der Waals surface area contributed by atoms with Crippen molar-refractivity contribution in [2.24, 2.45) is 28.6 Å². The molecule has 4 aliphatic rings. The van der Waals surface area contributed by atoms with Crippen molar-refractivity contribution in [1.82, 2.24) is 0 Å². The molecule has 0 aromatic carbocycles. The molecule has 3 fully saturated rings. The third kappa shape index (κ3) is 1.80. The fraction of sp³-hybridized carbons (Fsp3) is 0.900. The van der Waals surface area contributed by atoms with Crippen LogP contribution in [0.4, 0.5) is 0 Å². The van der Waals surface area contributed by atoms with E-state index in [1.807, 2.05) is 0 Å². The van der Waals surface area contributed by atoms with Crippen LogP contribution in [0.2, 0.25) is 0 Å². The fourth-order valence-electron chi connectivity index (χ4n) is 6.89. The van der Waals surface area contributed by atoms with Crippen LogP contribution in [0.1, 0.15) is 72.1 Å². The first-order valence-electron chi connectivity index (χ1n) is 9.38. The van der Waals surface area contributed by atoms with Crippen LogP contribution in [-0.2, 0) is 0 Å². The van der Waals surface area contributed by atoms with Gasteiger partial charge in [-0.2, -0.15) is 0 Å². The average Bonchev–Trinajstić information content (AvgIpc) is 2.70. The van der Waals surface area contributed by atoms with Gasteiger partial charge in [0.05, 0.1) is 11.7 Å². The van der Waals surface area contributed by atoms with Crippen LogP contribution in [-0.4, -0.2) is 21.9 Å². The van der Waals surface area contributed by atoms with Gasteiger partial charge in [-0.15, -0.1) is 0 Å². The van der Waals surface area contributed by atoms with E-state index >= 15 is 0 Å². The summed E-state index contributed by atoms with van der Waals surface area (Å²) in [6.07, 6.45) is 11.2. The van der Waals surface area contributed by atoms with Crippen molar-refractivity contribution in [2.45, 2.75) is 83.8 Å². The fourth-order valence-corrected chi connectivity index (χ4v) is 6.89. The van der Waals surface area contributed by atoms with Gasteiger partial charge >= 0.3 is 0 Å². The van der Waals surface area contributed by atoms with E-state index in [4.69, 9.17) is 0 Å². The summed E-state index contributed by atoms with van der Waals surface area (Å²) in [7, 11) is 0. The molecule has 0 heterocycles. The minimum Gasteiger partial charge on any atom is -0.393 e. The zero-order chi connectivity index (χ0) is 15.8. The summed E-state index contributed by atoms with van der Waals surface area (Å²) in [5, 5.41) is 21.0. The normalized spacial score (nSPS) is 57.6. The molecule has 0 saturated heterocycles. The molecular formula is C20H32O2. The van der Waals surface area contributed by atoms with E-state index < -0.39 is 5.60 Å². The lowest BCUT2D eigenvalue weighted by atomic mass is 9.47. The van der Waals surface area contributed by atoms with Gasteiger partial charge < -0.3 is 10.2 Å². The van der Waals surface area contributed by atoms with Crippen LogP contribution in [0.15, 0.2) is 11.6 Å². The highest BCUT2D eigenvalue weighted by Crippen LogP contribution is 2.66. The van der Waals surface area contributed by atoms with Crippen LogP contribution in [0.25, 0.3) is 0 Å². The smallest absolute Gasteiger partial charge is 0.0675 e. The summed E-state index contributed by atoms with van der Waals surface area (Å²) in [4.78, 5) is 0. The van der Waals surface area contributed by atoms with Crippen LogP contribution in [0.3, 0.4) is 0 Å². The Bertz CT molecular complexity index is 508. The Hall–Kier alpha value is -0.340. The molecule has 0 aromatic rings. The van der Waals surface area contributed by atoms with Crippen LogP contribution < -0.4 is 0 Å². The van der Waals surface area contributed by atoms with E-state index in [-0.39, 0.29) is 11.5 Å². The number of aliphatic hydroxyl groups is 2. The number of hydrogen-bond acceptors (Lipinski definition) is 2. The average molecular weight is 304 g/mol. The number of hydrogen-bond donors (Lipinski definition) is 2. The van der Waals surface area contributed by atoms with E-state index in [0.717, 1.165) is 37.5 Å². The molecule has 4 aliphatic carbocycles. The predicted molar refractivity (Wildman–Crippen MR) is 88.3 cm³/mol. The second-order valence-electron chi connectivity index (χ2n) is 9.42. The van der Waals surface area contributed by atoms with Gasteiger partial charge in [0.15, 0.2) is 0 Å². The maximum atomic E-state index is 10.9. The van der Waals surface area contributed by atoms with Crippen molar-refractivity contribution in [2.75, 3.05) is 0 Å². The first-order chi connectivity index (χ1) is 10.3. The Morgan fingerprint density at radius 3 is 2.50 bits per heavy atom. The van der Waals surface area contributed by atoms with Gasteiger partial charge in [0.1, 0.15) is 0 Å². The van der Waals surface area contributed by atoms with Crippen molar-refractivity contribution in [3.63, 3.8) is 0 Å². The summed E-state index contributed by atoms with van der Waals surface area (Å²) in [5.41, 5.74) is 1.50. The molecule has 2 heteroatoms. The first kappa shape index (κ1) is 15.2. The molecule has 2 N–H and O–H groups in total. The third-order valence-electron chi connectivity index (χ3n) is 8.64. The summed E-state index contributed by atoms with van der Waals surface area (Å²) in [6.45, 7) is 6.90. The third-order valence-corrected chi connectivity index (χ3v) is 8.64. The topological polar surface area (TPSA) is 40.5 Å². The maximum absolute atomic E-state index is 10.9. The Balaban J connectivity index is 1.69. The summed E-state index contributed by atoms with van der Waals surface area (Å²) in [5.74, 6) is 2.20. The largest absolute Gasteiger partial charge is 0.393 e. The summed E-state index contributed by atoms with van der Waals surface area (Å²) in [6, 6.07) is 0. The monoisotopic (exact) mass is 304 g/mol. The molecule has 3 saturated carbocycles. The number of rotatable bonds is 0. The lowest BCUT2D eigenvalue weighted by molar-refractivity contribution is -0.115. The number of aliphatic hydroxyl groups excluding tert-OH is 1. The molecule has 0 spiro atoms. The van der Waals surface area contributed by atoms with Crippen molar-refractivity contribution in [3.8, 4) is 0 Å². The van der Waals surface area contributed by atoms with Crippen LogP contribution in [0.5, 0.6) is 0 Å². The quantitative estimate of drug-likeness (QED) is 0.663. The van der Waals surface area contributed by atoms with E-state index in [9.17, 15) is 10.2 Å². The minimum absolute atomic E-state index is 0.114. The van der Waals surface area contributed by atoms with E-state index in [1.165, 1.54) is 25.7 Å². The SMILES string of the molecule is C[C@]12CC[C@@H]3[C@H](CC=C4C[C@H](O)CC[C@]43C)[C@H]1CC[C@@]2(C)O.